The average molecular weight is 281 g/mol. The maximum absolute atomic E-state index is 11.6. The van der Waals surface area contributed by atoms with Crippen LogP contribution in [0, 0.1) is 6.92 Å². The highest BCUT2D eigenvalue weighted by molar-refractivity contribution is 5.80. The van der Waals surface area contributed by atoms with E-state index < -0.39 is 23.7 Å². The van der Waals surface area contributed by atoms with E-state index in [4.69, 9.17) is 9.84 Å². The van der Waals surface area contributed by atoms with E-state index in [-0.39, 0.29) is 6.42 Å². The van der Waals surface area contributed by atoms with Crippen molar-refractivity contribution in [3.63, 3.8) is 0 Å². The molecular weight excluding hydrogens is 262 g/mol. The minimum absolute atomic E-state index is 0.0674. The molecule has 7 heteroatoms. The smallest absolute Gasteiger partial charge is 0.408 e. The van der Waals surface area contributed by atoms with Crippen LogP contribution in [0.1, 0.15) is 32.3 Å². The Morgan fingerprint density at radius 3 is 2.60 bits per heavy atom. The Morgan fingerprint density at radius 2 is 2.10 bits per heavy atom. The summed E-state index contributed by atoms with van der Waals surface area (Å²) in [5, 5.41) is 11.5. The molecular formula is C13H19N3O4. The molecule has 0 aliphatic heterocycles. The minimum Gasteiger partial charge on any atom is -0.480 e. The highest BCUT2D eigenvalue weighted by Crippen LogP contribution is 2.08. The predicted octanol–water partition coefficient (Wildman–Crippen LogP) is 1.31. The summed E-state index contributed by atoms with van der Waals surface area (Å²) in [5.41, 5.74) is -0.139. The number of carboxylic acids is 1. The number of carbonyl (C=O) groups excluding carboxylic acids is 1. The molecule has 20 heavy (non-hydrogen) atoms. The number of ether oxygens (including phenoxy) is 1. The molecule has 110 valence electrons. The first-order valence-electron chi connectivity index (χ1n) is 6.18. The quantitative estimate of drug-likeness (QED) is 0.862. The fourth-order valence-corrected chi connectivity index (χ4v) is 1.48. The van der Waals surface area contributed by atoms with Gasteiger partial charge in [0.25, 0.3) is 0 Å². The van der Waals surface area contributed by atoms with Crippen molar-refractivity contribution in [3.05, 3.63) is 23.8 Å². The van der Waals surface area contributed by atoms with E-state index in [1.165, 1.54) is 0 Å². The van der Waals surface area contributed by atoms with Crippen molar-refractivity contribution < 1.29 is 19.4 Å². The summed E-state index contributed by atoms with van der Waals surface area (Å²) in [7, 11) is 0. The molecule has 0 fully saturated rings. The average Bonchev–Trinajstić information content (AvgIpc) is 2.25. The van der Waals surface area contributed by atoms with Gasteiger partial charge >= 0.3 is 12.1 Å². The molecule has 0 saturated carbocycles. The first-order chi connectivity index (χ1) is 9.17. The lowest BCUT2D eigenvalue weighted by atomic mass is 10.1. The molecule has 0 radical (unpaired) electrons. The number of amides is 1. The number of aromatic nitrogens is 2. The van der Waals surface area contributed by atoms with Gasteiger partial charge in [-0.05, 0) is 33.8 Å². The highest BCUT2D eigenvalue weighted by atomic mass is 16.6. The van der Waals surface area contributed by atoms with Crippen molar-refractivity contribution in [2.45, 2.75) is 45.8 Å². The largest absolute Gasteiger partial charge is 0.480 e. The van der Waals surface area contributed by atoms with Gasteiger partial charge in [0.15, 0.2) is 0 Å². The van der Waals surface area contributed by atoms with Crippen molar-refractivity contribution in [2.24, 2.45) is 0 Å². The Kier molecular flexibility index (Phi) is 5.01. The molecule has 1 unspecified atom stereocenters. The monoisotopic (exact) mass is 281 g/mol. The van der Waals surface area contributed by atoms with Crippen LogP contribution in [0.3, 0.4) is 0 Å². The van der Waals surface area contributed by atoms with E-state index in [1.807, 2.05) is 0 Å². The molecule has 1 atom stereocenters. The maximum Gasteiger partial charge on any atom is 0.408 e. The molecule has 0 aromatic carbocycles. The Balaban J connectivity index is 2.71. The number of alkyl carbamates (subject to hydrolysis) is 1. The number of aryl methyl sites for hydroxylation is 1. The summed E-state index contributed by atoms with van der Waals surface area (Å²) >= 11 is 0. The Hall–Kier alpha value is -2.18. The molecule has 2 N–H and O–H groups in total. The zero-order valence-corrected chi connectivity index (χ0v) is 12.0. The van der Waals surface area contributed by atoms with Gasteiger partial charge in [0.05, 0.1) is 0 Å². The first-order valence-corrected chi connectivity index (χ1v) is 6.18. The van der Waals surface area contributed by atoms with Gasteiger partial charge in [0, 0.05) is 18.3 Å². The maximum atomic E-state index is 11.6. The van der Waals surface area contributed by atoms with Crippen LogP contribution >= 0.6 is 0 Å². The summed E-state index contributed by atoms with van der Waals surface area (Å²) in [6, 6.07) is 0.513. The van der Waals surface area contributed by atoms with Crippen molar-refractivity contribution in [2.75, 3.05) is 0 Å². The molecule has 1 aromatic rings. The second-order valence-corrected chi connectivity index (χ2v) is 5.34. The lowest BCUT2D eigenvalue weighted by molar-refractivity contribution is -0.139. The summed E-state index contributed by atoms with van der Waals surface area (Å²) in [6.07, 6.45) is 0.845. The fraction of sp³-hybridized carbons (Fsp3) is 0.538. The Morgan fingerprint density at radius 1 is 1.45 bits per heavy atom. The van der Waals surface area contributed by atoms with E-state index in [1.54, 1.807) is 40.0 Å². The molecule has 1 rings (SSSR count). The Labute approximate surface area is 117 Å². The van der Waals surface area contributed by atoms with E-state index in [0.29, 0.717) is 11.5 Å². The number of hydrogen-bond donors (Lipinski definition) is 2. The molecule has 1 aromatic heterocycles. The number of aliphatic carboxylic acids is 1. The highest BCUT2D eigenvalue weighted by Gasteiger charge is 2.24. The number of carbonyl (C=O) groups is 2. The Bertz CT molecular complexity index is 497. The summed E-state index contributed by atoms with van der Waals surface area (Å²) in [6.45, 7) is 6.82. The predicted molar refractivity (Wildman–Crippen MR) is 71.3 cm³/mol. The van der Waals surface area contributed by atoms with E-state index in [9.17, 15) is 9.59 Å². The van der Waals surface area contributed by atoms with Crippen molar-refractivity contribution in [1.29, 1.82) is 0 Å². The molecule has 7 nitrogen and oxygen atoms in total. The molecule has 0 bridgehead atoms. The van der Waals surface area contributed by atoms with Gasteiger partial charge in [-0.25, -0.2) is 19.6 Å². The number of nitrogens with zero attached hydrogens (tertiary/aromatic N) is 2. The molecule has 0 saturated heterocycles. The van der Waals surface area contributed by atoms with Gasteiger partial charge in [-0.1, -0.05) is 0 Å². The van der Waals surface area contributed by atoms with Gasteiger partial charge < -0.3 is 15.2 Å². The second-order valence-electron chi connectivity index (χ2n) is 5.34. The normalized spacial score (nSPS) is 12.6. The van der Waals surface area contributed by atoms with Crippen LogP contribution in [-0.2, 0) is 16.0 Å². The van der Waals surface area contributed by atoms with Crippen molar-refractivity contribution >= 4 is 12.1 Å². The third kappa shape index (κ3) is 5.64. The molecule has 1 amide bonds. The lowest BCUT2D eigenvalue weighted by Crippen LogP contribution is -2.44. The van der Waals surface area contributed by atoms with Gasteiger partial charge in [-0.3, -0.25) is 0 Å². The van der Waals surface area contributed by atoms with Crippen LogP contribution in [0.25, 0.3) is 0 Å². The second kappa shape index (κ2) is 6.31. The van der Waals surface area contributed by atoms with E-state index >= 15 is 0 Å². The fourth-order valence-electron chi connectivity index (χ4n) is 1.48. The summed E-state index contributed by atoms with van der Waals surface area (Å²) in [4.78, 5) is 30.8. The van der Waals surface area contributed by atoms with Crippen LogP contribution in [0.5, 0.6) is 0 Å². The number of nitrogens with one attached hydrogen (secondary N) is 1. The van der Waals surface area contributed by atoms with Crippen LogP contribution in [0.2, 0.25) is 0 Å². The number of rotatable bonds is 4. The third-order valence-electron chi connectivity index (χ3n) is 2.24. The van der Waals surface area contributed by atoms with E-state index in [0.717, 1.165) is 0 Å². The van der Waals surface area contributed by atoms with Crippen LogP contribution in [0.15, 0.2) is 12.3 Å². The zero-order valence-electron chi connectivity index (χ0n) is 12.0. The molecule has 0 spiro atoms. The zero-order chi connectivity index (χ0) is 15.3. The SMILES string of the molecule is Cc1nccc(CC(NC(=O)OC(C)(C)C)C(=O)O)n1. The minimum atomic E-state index is -1.15. The van der Waals surface area contributed by atoms with Crippen LogP contribution < -0.4 is 5.32 Å². The van der Waals surface area contributed by atoms with Gasteiger partial charge in [0.2, 0.25) is 0 Å². The molecule has 0 aliphatic carbocycles. The van der Waals surface area contributed by atoms with Crippen LogP contribution in [0.4, 0.5) is 4.79 Å². The van der Waals surface area contributed by atoms with Gasteiger partial charge in [-0.2, -0.15) is 0 Å². The lowest BCUT2D eigenvalue weighted by Gasteiger charge is -2.21. The molecule has 0 aliphatic rings. The van der Waals surface area contributed by atoms with Gasteiger partial charge in [-0.15, -0.1) is 0 Å². The topological polar surface area (TPSA) is 101 Å². The van der Waals surface area contributed by atoms with Crippen molar-refractivity contribution in [1.82, 2.24) is 15.3 Å². The first kappa shape index (κ1) is 15.9. The van der Waals surface area contributed by atoms with E-state index in [2.05, 4.69) is 15.3 Å². The number of hydrogen-bond acceptors (Lipinski definition) is 5. The van der Waals surface area contributed by atoms with Crippen molar-refractivity contribution in [3.8, 4) is 0 Å². The summed E-state index contributed by atoms with van der Waals surface area (Å²) < 4.78 is 5.03. The molecule has 1 heterocycles. The standard InChI is InChI=1S/C13H19N3O4/c1-8-14-6-5-9(15-8)7-10(11(17)18)16-12(19)20-13(2,3)4/h5-6,10H,7H2,1-4H3,(H,16,19)(H,17,18). The number of carboxylic acid groups (broad SMARTS) is 1. The summed E-state index contributed by atoms with van der Waals surface area (Å²) in [5.74, 6) is -0.601. The third-order valence-corrected chi connectivity index (χ3v) is 2.24. The van der Waals surface area contributed by atoms with Crippen LogP contribution in [-0.4, -0.2) is 38.8 Å². The van der Waals surface area contributed by atoms with Gasteiger partial charge in [0.1, 0.15) is 17.5 Å².